The zero-order chi connectivity index (χ0) is 10.9. The summed E-state index contributed by atoms with van der Waals surface area (Å²) in [6, 6.07) is 0. The third-order valence-corrected chi connectivity index (χ3v) is 3.83. The Morgan fingerprint density at radius 3 is 2.40 bits per heavy atom. The molecule has 0 radical (unpaired) electrons. The Balaban J connectivity index is 2.10. The highest BCUT2D eigenvalue weighted by molar-refractivity contribution is 7.80. The molecule has 2 aliphatic rings. The van der Waals surface area contributed by atoms with Crippen LogP contribution < -0.4 is 4.90 Å². The van der Waals surface area contributed by atoms with E-state index in [4.69, 9.17) is 12.2 Å². The molecule has 2 heteroatoms. The summed E-state index contributed by atoms with van der Waals surface area (Å²) >= 11 is 5.41. The Hall–Kier alpha value is -0.210. The predicted molar refractivity (Wildman–Crippen MR) is 68.2 cm³/mol. The molecule has 1 heterocycles. The van der Waals surface area contributed by atoms with Crippen molar-refractivity contribution in [1.82, 2.24) is 0 Å². The quantitative estimate of drug-likeness (QED) is 0.669. The first kappa shape index (κ1) is 11.3. The summed E-state index contributed by atoms with van der Waals surface area (Å²) in [6.07, 6.45) is 8.83. The molecule has 2 rings (SSSR count). The minimum Gasteiger partial charge on any atom is -0.306 e. The molecule has 0 aromatic rings. The molecular weight excluding hydrogens is 202 g/mol. The average Bonchev–Trinajstić information content (AvgIpc) is 2.16. The molecule has 15 heavy (non-hydrogen) atoms. The monoisotopic (exact) mass is 224 g/mol. The van der Waals surface area contributed by atoms with Crippen LogP contribution in [-0.2, 0) is 0 Å². The summed E-state index contributed by atoms with van der Waals surface area (Å²) in [5.41, 5.74) is 1.97. The van der Waals surface area contributed by atoms with Gasteiger partial charge in [0.25, 0.3) is 0 Å². The molecule has 0 spiro atoms. The highest BCUT2D eigenvalue weighted by atomic mass is 32.1. The van der Waals surface area contributed by atoms with Crippen LogP contribution in [0.15, 0.2) is 11.8 Å². The van der Waals surface area contributed by atoms with E-state index in [1.807, 2.05) is 0 Å². The van der Waals surface area contributed by atoms with Crippen LogP contribution in [0.3, 0.4) is 0 Å². The molecule has 0 aromatic carbocycles. The molecule has 0 unspecified atom stereocenters. The molecule has 1 aliphatic heterocycles. The zero-order valence-electron chi connectivity index (χ0n) is 9.94. The van der Waals surface area contributed by atoms with Gasteiger partial charge in [0.15, 0.2) is 0 Å². The topological polar surface area (TPSA) is 4.44 Å². The van der Waals surface area contributed by atoms with Crippen LogP contribution in [0.2, 0.25) is 0 Å². The summed E-state index contributed by atoms with van der Waals surface area (Å²) in [6.45, 7) is 7.33. The first-order chi connectivity index (χ1) is 7.07. The number of nitrogens with one attached hydrogen (secondary N) is 1. The molecule has 0 aromatic heterocycles. The van der Waals surface area contributed by atoms with Crippen molar-refractivity contribution >= 4 is 17.1 Å². The molecule has 0 saturated carbocycles. The number of quaternary nitrogens is 1. The summed E-state index contributed by atoms with van der Waals surface area (Å²) in [4.78, 5) is 2.87. The van der Waals surface area contributed by atoms with Gasteiger partial charge >= 0.3 is 0 Å². The number of piperidine rings is 1. The molecule has 1 saturated heterocycles. The van der Waals surface area contributed by atoms with E-state index in [-0.39, 0.29) is 0 Å². The van der Waals surface area contributed by atoms with E-state index in [0.717, 1.165) is 6.42 Å². The Labute approximate surface area is 98.5 Å². The molecule has 1 N–H and O–H groups in total. The molecule has 0 atom stereocenters. The maximum absolute atomic E-state index is 5.41. The van der Waals surface area contributed by atoms with E-state index < -0.39 is 0 Å². The first-order valence-corrected chi connectivity index (χ1v) is 6.56. The lowest BCUT2D eigenvalue weighted by Crippen LogP contribution is -3.11. The Morgan fingerprint density at radius 2 is 1.80 bits per heavy atom. The number of thiocarbonyl (C=S) groups is 1. The second-order valence-electron chi connectivity index (χ2n) is 5.82. The van der Waals surface area contributed by atoms with Gasteiger partial charge < -0.3 is 4.90 Å². The van der Waals surface area contributed by atoms with E-state index >= 15 is 0 Å². The summed E-state index contributed by atoms with van der Waals surface area (Å²) in [7, 11) is 0. The summed E-state index contributed by atoms with van der Waals surface area (Å²) in [5, 5.41) is 0. The molecule has 1 fully saturated rings. The van der Waals surface area contributed by atoms with Crippen molar-refractivity contribution < 1.29 is 4.90 Å². The number of hydrogen-bond donors (Lipinski definition) is 1. The van der Waals surface area contributed by atoms with E-state index in [9.17, 15) is 0 Å². The predicted octanol–water partition coefficient (Wildman–Crippen LogP) is 2.13. The number of hydrogen-bond acceptors (Lipinski definition) is 1. The van der Waals surface area contributed by atoms with Crippen molar-refractivity contribution in [1.29, 1.82) is 0 Å². The Bertz CT molecular complexity index is 285. The molecule has 1 nitrogen and oxygen atoms in total. The highest BCUT2D eigenvalue weighted by Gasteiger charge is 2.31. The Morgan fingerprint density at radius 1 is 1.13 bits per heavy atom. The van der Waals surface area contributed by atoms with Crippen LogP contribution in [0, 0.1) is 5.41 Å². The third kappa shape index (κ3) is 2.88. The maximum Gasteiger partial charge on any atom is 0.109 e. The van der Waals surface area contributed by atoms with Crippen LogP contribution in [0.1, 0.15) is 46.0 Å². The van der Waals surface area contributed by atoms with Crippen molar-refractivity contribution in [3.8, 4) is 0 Å². The fourth-order valence-corrected chi connectivity index (χ4v) is 3.41. The second-order valence-corrected chi connectivity index (χ2v) is 6.34. The normalized spacial score (nSPS) is 27.6. The minimum atomic E-state index is 0.394. The van der Waals surface area contributed by atoms with E-state index in [1.165, 1.54) is 43.6 Å². The lowest BCUT2D eigenvalue weighted by molar-refractivity contribution is -0.868. The van der Waals surface area contributed by atoms with Gasteiger partial charge in [0, 0.05) is 17.4 Å². The molecule has 1 aliphatic carbocycles. The van der Waals surface area contributed by atoms with Crippen molar-refractivity contribution in [3.63, 3.8) is 0 Å². The van der Waals surface area contributed by atoms with E-state index in [1.54, 1.807) is 10.6 Å². The van der Waals surface area contributed by atoms with Gasteiger partial charge in [-0.25, -0.2) is 0 Å². The largest absolute Gasteiger partial charge is 0.306 e. The fraction of sp³-hybridized carbons (Fsp3) is 0.769. The molecule has 84 valence electrons. The average molecular weight is 224 g/mol. The van der Waals surface area contributed by atoms with Gasteiger partial charge in [-0.15, -0.1) is 0 Å². The summed E-state index contributed by atoms with van der Waals surface area (Å²) in [5.74, 6) is 0. The highest BCUT2D eigenvalue weighted by Crippen LogP contribution is 2.32. The van der Waals surface area contributed by atoms with Crippen molar-refractivity contribution in [2.75, 3.05) is 13.1 Å². The number of allylic oxidation sites excluding steroid dienone is 2. The zero-order valence-corrected chi connectivity index (χ0v) is 10.8. The second kappa shape index (κ2) is 4.34. The maximum atomic E-state index is 5.41. The molecule has 0 bridgehead atoms. The lowest BCUT2D eigenvalue weighted by Gasteiger charge is -2.34. The standard InChI is InChI=1S/C13H21NS/c1-13(2)9-11(8-12(15)10-13)14-6-4-3-5-7-14/h8H,3-7,9-10H2,1-2H3/p+1. The smallest absolute Gasteiger partial charge is 0.109 e. The molecule has 0 amide bonds. The van der Waals surface area contributed by atoms with Gasteiger partial charge in [0.2, 0.25) is 0 Å². The van der Waals surface area contributed by atoms with Gasteiger partial charge in [-0.2, -0.15) is 0 Å². The van der Waals surface area contributed by atoms with Gasteiger partial charge in [0.1, 0.15) is 5.70 Å². The number of likely N-dealkylation sites (tertiary alicyclic amines) is 1. The van der Waals surface area contributed by atoms with Crippen LogP contribution >= 0.6 is 12.2 Å². The van der Waals surface area contributed by atoms with Crippen molar-refractivity contribution in [3.05, 3.63) is 11.8 Å². The van der Waals surface area contributed by atoms with Crippen LogP contribution in [0.25, 0.3) is 0 Å². The van der Waals surface area contributed by atoms with E-state index in [0.29, 0.717) is 5.41 Å². The third-order valence-electron chi connectivity index (χ3n) is 3.57. The SMILES string of the molecule is CC1(C)CC(=S)C=C([NH+]2CCCCC2)C1. The van der Waals surface area contributed by atoms with E-state index in [2.05, 4.69) is 19.9 Å². The van der Waals surface area contributed by atoms with Crippen LogP contribution in [0.5, 0.6) is 0 Å². The minimum absolute atomic E-state index is 0.394. The van der Waals surface area contributed by atoms with Crippen LogP contribution in [0.4, 0.5) is 0 Å². The molecular formula is C13H22NS+. The fourth-order valence-electron chi connectivity index (χ4n) is 2.87. The summed E-state index contributed by atoms with van der Waals surface area (Å²) < 4.78 is 0. The van der Waals surface area contributed by atoms with Crippen molar-refractivity contribution in [2.45, 2.75) is 46.0 Å². The van der Waals surface area contributed by atoms with Crippen molar-refractivity contribution in [2.24, 2.45) is 5.41 Å². The van der Waals surface area contributed by atoms with Gasteiger partial charge in [-0.1, -0.05) is 26.1 Å². The van der Waals surface area contributed by atoms with Crippen LogP contribution in [-0.4, -0.2) is 18.0 Å². The van der Waals surface area contributed by atoms with Gasteiger partial charge in [-0.05, 0) is 31.1 Å². The number of rotatable bonds is 1. The lowest BCUT2D eigenvalue weighted by atomic mass is 9.79. The Kier molecular flexibility index (Phi) is 3.27. The van der Waals surface area contributed by atoms with Gasteiger partial charge in [0.05, 0.1) is 13.1 Å². The first-order valence-electron chi connectivity index (χ1n) is 6.15. The van der Waals surface area contributed by atoms with Gasteiger partial charge in [-0.3, -0.25) is 0 Å².